The summed E-state index contributed by atoms with van der Waals surface area (Å²) in [6.45, 7) is 2.44. The topological polar surface area (TPSA) is 78.4 Å². The highest BCUT2D eigenvalue weighted by atomic mass is 35.5. The number of amides is 2. The number of rotatable bonds is 4. The number of piperazine rings is 1. The third-order valence-corrected chi connectivity index (χ3v) is 4.67. The fourth-order valence-electron chi connectivity index (χ4n) is 2.68. The molecule has 1 fully saturated rings. The summed E-state index contributed by atoms with van der Waals surface area (Å²) in [7, 11) is 0. The minimum atomic E-state index is -0.200. The smallest absolute Gasteiger partial charge is 0.274 e. The Bertz CT molecular complexity index is 775. The van der Waals surface area contributed by atoms with Crippen molar-refractivity contribution in [2.45, 2.75) is 0 Å². The van der Waals surface area contributed by atoms with E-state index in [1.807, 2.05) is 4.90 Å². The highest BCUT2D eigenvalue weighted by molar-refractivity contribution is 6.39. The first-order valence-electron chi connectivity index (χ1n) is 8.06. The van der Waals surface area contributed by atoms with Crippen LogP contribution in [0.2, 0.25) is 10.0 Å². The lowest BCUT2D eigenvalue weighted by molar-refractivity contribution is -0.117. The number of para-hydroxylation sites is 1. The SMILES string of the molecule is O=C(CN1CCN(C(=O)c2cnccn2)CC1)Nc1c(Cl)cccc1Cl. The van der Waals surface area contributed by atoms with Gasteiger partial charge in [0.15, 0.2) is 0 Å². The summed E-state index contributed by atoms with van der Waals surface area (Å²) >= 11 is 12.1. The van der Waals surface area contributed by atoms with Crippen molar-refractivity contribution < 1.29 is 9.59 Å². The van der Waals surface area contributed by atoms with Gasteiger partial charge in [0.05, 0.1) is 28.5 Å². The van der Waals surface area contributed by atoms with Crippen molar-refractivity contribution in [3.63, 3.8) is 0 Å². The number of nitrogens with zero attached hydrogens (tertiary/aromatic N) is 4. The molecule has 2 aromatic rings. The summed E-state index contributed by atoms with van der Waals surface area (Å²) in [5, 5.41) is 3.53. The Morgan fingerprint density at radius 2 is 1.77 bits per heavy atom. The number of carbonyl (C=O) groups is 2. The first-order chi connectivity index (χ1) is 12.5. The van der Waals surface area contributed by atoms with Crippen LogP contribution in [0.5, 0.6) is 0 Å². The Balaban J connectivity index is 1.51. The first kappa shape index (κ1) is 18.6. The molecule has 0 bridgehead atoms. The van der Waals surface area contributed by atoms with Crippen LogP contribution in [-0.4, -0.2) is 64.3 Å². The van der Waals surface area contributed by atoms with Gasteiger partial charge in [-0.15, -0.1) is 0 Å². The lowest BCUT2D eigenvalue weighted by Crippen LogP contribution is -2.50. The summed E-state index contributed by atoms with van der Waals surface area (Å²) in [6.07, 6.45) is 4.47. The summed E-state index contributed by atoms with van der Waals surface area (Å²) in [5.74, 6) is -0.348. The molecular weight excluding hydrogens is 377 g/mol. The average Bonchev–Trinajstić information content (AvgIpc) is 2.66. The van der Waals surface area contributed by atoms with Crippen LogP contribution in [0.4, 0.5) is 5.69 Å². The Morgan fingerprint density at radius 1 is 1.08 bits per heavy atom. The van der Waals surface area contributed by atoms with Crippen LogP contribution >= 0.6 is 23.2 Å². The highest BCUT2D eigenvalue weighted by Gasteiger charge is 2.24. The lowest BCUT2D eigenvalue weighted by Gasteiger charge is -2.34. The summed E-state index contributed by atoms with van der Waals surface area (Å²) in [4.78, 5) is 36.2. The number of halogens is 2. The van der Waals surface area contributed by atoms with Crippen LogP contribution in [0.1, 0.15) is 10.5 Å². The van der Waals surface area contributed by atoms with E-state index in [4.69, 9.17) is 23.2 Å². The maximum Gasteiger partial charge on any atom is 0.274 e. The third kappa shape index (κ3) is 4.49. The quantitative estimate of drug-likeness (QED) is 0.860. The number of hydrogen-bond acceptors (Lipinski definition) is 5. The number of anilines is 1. The highest BCUT2D eigenvalue weighted by Crippen LogP contribution is 2.29. The second-order valence-corrected chi connectivity index (χ2v) is 6.62. The molecule has 0 radical (unpaired) electrons. The summed E-state index contributed by atoms with van der Waals surface area (Å²) in [5.41, 5.74) is 0.740. The Hall–Kier alpha value is -2.22. The van der Waals surface area contributed by atoms with E-state index in [-0.39, 0.29) is 18.4 Å². The lowest BCUT2D eigenvalue weighted by atomic mass is 10.2. The van der Waals surface area contributed by atoms with Crippen LogP contribution in [0.3, 0.4) is 0 Å². The van der Waals surface area contributed by atoms with E-state index in [2.05, 4.69) is 15.3 Å². The molecule has 136 valence electrons. The Kier molecular flexibility index (Phi) is 6.03. The second-order valence-electron chi connectivity index (χ2n) is 5.80. The molecule has 1 aliphatic rings. The van der Waals surface area contributed by atoms with Crippen molar-refractivity contribution in [1.82, 2.24) is 19.8 Å². The van der Waals surface area contributed by atoms with Gasteiger partial charge in [0.25, 0.3) is 5.91 Å². The Labute approximate surface area is 160 Å². The zero-order valence-corrected chi connectivity index (χ0v) is 15.4. The number of aromatic nitrogens is 2. The van der Waals surface area contributed by atoms with Gasteiger partial charge < -0.3 is 10.2 Å². The van der Waals surface area contributed by atoms with Gasteiger partial charge in [-0.1, -0.05) is 29.3 Å². The van der Waals surface area contributed by atoms with Crippen LogP contribution in [0, 0.1) is 0 Å². The van der Waals surface area contributed by atoms with E-state index >= 15 is 0 Å². The molecule has 1 N–H and O–H groups in total. The monoisotopic (exact) mass is 393 g/mol. The minimum Gasteiger partial charge on any atom is -0.335 e. The van der Waals surface area contributed by atoms with E-state index in [1.54, 1.807) is 23.1 Å². The molecular formula is C17H17Cl2N5O2. The van der Waals surface area contributed by atoms with Crippen molar-refractivity contribution in [3.8, 4) is 0 Å². The fraction of sp³-hybridized carbons (Fsp3) is 0.294. The number of benzene rings is 1. The molecule has 1 aromatic carbocycles. The van der Waals surface area contributed by atoms with Gasteiger partial charge in [0.2, 0.25) is 5.91 Å². The predicted octanol–water partition coefficient (Wildman–Crippen LogP) is 2.18. The molecule has 9 heteroatoms. The van der Waals surface area contributed by atoms with Crippen LogP contribution in [-0.2, 0) is 4.79 Å². The van der Waals surface area contributed by atoms with Crippen LogP contribution in [0.15, 0.2) is 36.8 Å². The van der Waals surface area contributed by atoms with E-state index < -0.39 is 0 Å². The molecule has 0 atom stereocenters. The maximum absolute atomic E-state index is 12.3. The number of carbonyl (C=O) groups excluding carboxylic acids is 2. The molecule has 1 aliphatic heterocycles. The van der Waals surface area contributed by atoms with Crippen LogP contribution < -0.4 is 5.32 Å². The van der Waals surface area contributed by atoms with E-state index in [0.717, 1.165) is 0 Å². The van der Waals surface area contributed by atoms with Crippen LogP contribution in [0.25, 0.3) is 0 Å². The summed E-state index contributed by atoms with van der Waals surface area (Å²) < 4.78 is 0. The van der Waals surface area contributed by atoms with Gasteiger partial charge >= 0.3 is 0 Å². The average molecular weight is 394 g/mol. The molecule has 1 saturated heterocycles. The minimum absolute atomic E-state index is 0.148. The zero-order valence-electron chi connectivity index (χ0n) is 13.9. The number of hydrogen-bond donors (Lipinski definition) is 1. The molecule has 0 saturated carbocycles. The van der Waals surface area contributed by atoms with Crippen molar-refractivity contribution in [2.24, 2.45) is 0 Å². The maximum atomic E-state index is 12.3. The zero-order chi connectivity index (χ0) is 18.5. The molecule has 3 rings (SSSR count). The normalized spacial score (nSPS) is 14.9. The van der Waals surface area contributed by atoms with Crippen molar-refractivity contribution in [2.75, 3.05) is 38.0 Å². The largest absolute Gasteiger partial charge is 0.335 e. The predicted molar refractivity (Wildman–Crippen MR) is 99.5 cm³/mol. The molecule has 1 aromatic heterocycles. The molecule has 2 amide bonds. The van der Waals surface area contributed by atoms with Gasteiger partial charge in [0, 0.05) is 38.6 Å². The van der Waals surface area contributed by atoms with Crippen molar-refractivity contribution >= 4 is 40.7 Å². The van der Waals surface area contributed by atoms with Crippen molar-refractivity contribution in [3.05, 3.63) is 52.5 Å². The van der Waals surface area contributed by atoms with E-state index in [1.165, 1.54) is 18.6 Å². The van der Waals surface area contributed by atoms with Crippen molar-refractivity contribution in [1.29, 1.82) is 0 Å². The van der Waals surface area contributed by atoms with Gasteiger partial charge in [0.1, 0.15) is 5.69 Å². The molecule has 0 spiro atoms. The third-order valence-electron chi connectivity index (χ3n) is 4.04. The summed E-state index contributed by atoms with van der Waals surface area (Å²) in [6, 6.07) is 5.05. The van der Waals surface area contributed by atoms with Gasteiger partial charge in [-0.2, -0.15) is 0 Å². The van der Waals surface area contributed by atoms with Gasteiger partial charge in [-0.05, 0) is 12.1 Å². The second kappa shape index (κ2) is 8.44. The molecule has 7 nitrogen and oxygen atoms in total. The molecule has 2 heterocycles. The standard InChI is InChI=1S/C17H17Cl2N5O2/c18-12-2-1-3-13(19)16(12)22-15(25)11-23-6-8-24(9-7-23)17(26)14-10-20-4-5-21-14/h1-5,10H,6-9,11H2,(H,22,25). The fourth-order valence-corrected chi connectivity index (χ4v) is 3.17. The van der Waals surface area contributed by atoms with Gasteiger partial charge in [-0.3, -0.25) is 19.5 Å². The van der Waals surface area contributed by atoms with Gasteiger partial charge in [-0.25, -0.2) is 4.98 Å². The first-order valence-corrected chi connectivity index (χ1v) is 8.81. The van der Waals surface area contributed by atoms with E-state index in [0.29, 0.717) is 47.6 Å². The van der Waals surface area contributed by atoms with E-state index in [9.17, 15) is 9.59 Å². The molecule has 0 aliphatic carbocycles. The Morgan fingerprint density at radius 3 is 2.38 bits per heavy atom. The molecule has 26 heavy (non-hydrogen) atoms. The number of nitrogens with one attached hydrogen (secondary N) is 1. The molecule has 0 unspecified atom stereocenters.